The van der Waals surface area contributed by atoms with Crippen LogP contribution in [0.5, 0.6) is 0 Å². The summed E-state index contributed by atoms with van der Waals surface area (Å²) in [6.45, 7) is 7.87. The third kappa shape index (κ3) is 10.00. The van der Waals surface area contributed by atoms with Crippen molar-refractivity contribution in [3.63, 3.8) is 0 Å². The Kier molecular flexibility index (Phi) is 12.4. The normalized spacial score (nSPS) is 13.0. The summed E-state index contributed by atoms with van der Waals surface area (Å²) in [5.74, 6) is -2.47. The summed E-state index contributed by atoms with van der Waals surface area (Å²) >= 11 is 0. The molecule has 0 bridgehead atoms. The molecule has 3 rings (SSSR count). The van der Waals surface area contributed by atoms with Gasteiger partial charge in [-0.25, -0.2) is 8.42 Å². The van der Waals surface area contributed by atoms with Gasteiger partial charge >= 0.3 is 0 Å². The molecule has 0 aromatic heterocycles. The molecule has 10 heteroatoms. The molecule has 0 saturated heterocycles. The molecule has 0 spiro atoms. The van der Waals surface area contributed by atoms with Crippen molar-refractivity contribution in [2.45, 2.75) is 30.6 Å². The highest BCUT2D eigenvalue weighted by Gasteiger charge is 2.30. The van der Waals surface area contributed by atoms with E-state index in [9.17, 15) is 22.2 Å². The van der Waals surface area contributed by atoms with Crippen LogP contribution >= 0.6 is 0 Å². The van der Waals surface area contributed by atoms with Gasteiger partial charge in [0, 0.05) is 40.8 Å². The molecular weight excluding hydrogens is 562 g/mol. The number of hydrogen-bond acceptors (Lipinski definition) is 7. The fourth-order valence-corrected chi connectivity index (χ4v) is 6.96. The molecule has 8 nitrogen and oxygen atoms in total. The van der Waals surface area contributed by atoms with Crippen LogP contribution in [0.4, 0.5) is 0 Å². The zero-order valence-electron chi connectivity index (χ0n) is 23.6. The number of ether oxygens (including phenoxy) is 2. The van der Waals surface area contributed by atoms with Crippen molar-refractivity contribution in [3.05, 3.63) is 95.1 Å². The van der Waals surface area contributed by atoms with Gasteiger partial charge in [0.25, 0.3) is 5.91 Å². The van der Waals surface area contributed by atoms with Gasteiger partial charge in [0.05, 0.1) is 41.3 Å². The zero-order valence-corrected chi connectivity index (χ0v) is 25.3. The third-order valence-corrected chi connectivity index (χ3v) is 9.68. The Morgan fingerprint density at radius 2 is 1.37 bits per heavy atom. The van der Waals surface area contributed by atoms with E-state index in [0.717, 1.165) is 11.1 Å². The van der Waals surface area contributed by atoms with Crippen molar-refractivity contribution in [1.82, 2.24) is 5.32 Å². The lowest BCUT2D eigenvalue weighted by Gasteiger charge is -2.17. The van der Waals surface area contributed by atoms with Gasteiger partial charge in [-0.2, -0.15) is 0 Å². The highest BCUT2D eigenvalue weighted by molar-refractivity contribution is 7.91. The van der Waals surface area contributed by atoms with Crippen molar-refractivity contribution in [2.24, 2.45) is 5.92 Å². The number of sulfone groups is 1. The Balaban J connectivity index is 1.73. The largest absolute Gasteiger partial charge is 0.379 e. The number of hydrogen-bond donors (Lipinski definition) is 1. The number of nitrogens with one attached hydrogen (secondary N) is 1. The highest BCUT2D eigenvalue weighted by atomic mass is 32.2. The second-order valence-electron chi connectivity index (χ2n) is 9.62. The second kappa shape index (κ2) is 15.7. The van der Waals surface area contributed by atoms with E-state index in [-0.39, 0.29) is 22.1 Å². The molecule has 2 atom stereocenters. The number of Topliss-reactive ketones (excluding diaryl/α,β-unsaturated/α-hetero) is 1. The standard InChI is InChI=1S/C31H37NO7S2/c1-4-38-19-20-39-18-17-32-31(34)26-11-9-25(10-12-26)30(33)27(21-40(35)28-13-5-23(2)6-14-28)22-41(36,37)29-15-7-24(3)8-16-29/h5-16,27H,4,17-22H2,1-3H3,(H,32,34). The van der Waals surface area contributed by atoms with Crippen LogP contribution in [0.3, 0.4) is 0 Å². The minimum absolute atomic E-state index is 0.107. The monoisotopic (exact) mass is 599 g/mol. The maximum atomic E-state index is 13.6. The van der Waals surface area contributed by atoms with Gasteiger partial charge in [-0.15, -0.1) is 0 Å². The molecule has 1 amide bonds. The Morgan fingerprint density at radius 3 is 1.98 bits per heavy atom. The van der Waals surface area contributed by atoms with E-state index < -0.39 is 38.1 Å². The lowest BCUT2D eigenvalue weighted by molar-refractivity contribution is 0.0531. The first kappa shape index (κ1) is 32.3. The van der Waals surface area contributed by atoms with Crippen molar-refractivity contribution in [1.29, 1.82) is 0 Å². The molecule has 0 aliphatic carbocycles. The van der Waals surface area contributed by atoms with Gasteiger partial charge in [0.15, 0.2) is 15.6 Å². The lowest BCUT2D eigenvalue weighted by atomic mass is 9.99. The van der Waals surface area contributed by atoms with Crippen LogP contribution in [0.2, 0.25) is 0 Å². The molecule has 0 aliphatic heterocycles. The number of benzene rings is 3. The number of aryl methyl sites for hydroxylation is 2. The summed E-state index contributed by atoms with van der Waals surface area (Å²) in [4.78, 5) is 26.7. The van der Waals surface area contributed by atoms with E-state index in [0.29, 0.717) is 43.4 Å². The smallest absolute Gasteiger partial charge is 0.251 e. The number of carbonyl (C=O) groups is 2. The van der Waals surface area contributed by atoms with Crippen LogP contribution in [0, 0.1) is 19.8 Å². The average molecular weight is 600 g/mol. The molecule has 3 aromatic rings. The topological polar surface area (TPSA) is 116 Å². The second-order valence-corrected chi connectivity index (χ2v) is 13.2. The predicted molar refractivity (Wildman–Crippen MR) is 160 cm³/mol. The van der Waals surface area contributed by atoms with Crippen LogP contribution in [-0.2, 0) is 30.1 Å². The molecule has 0 saturated carbocycles. The van der Waals surface area contributed by atoms with Gasteiger partial charge < -0.3 is 14.8 Å². The van der Waals surface area contributed by atoms with Crippen molar-refractivity contribution < 1.29 is 31.7 Å². The average Bonchev–Trinajstić information content (AvgIpc) is 2.96. The van der Waals surface area contributed by atoms with E-state index >= 15 is 0 Å². The Morgan fingerprint density at radius 1 is 0.805 bits per heavy atom. The molecule has 3 aromatic carbocycles. The summed E-state index contributed by atoms with van der Waals surface area (Å²) in [5, 5.41) is 2.75. The summed E-state index contributed by atoms with van der Waals surface area (Å²) in [7, 11) is -5.44. The number of ketones is 1. The van der Waals surface area contributed by atoms with Crippen LogP contribution in [0.25, 0.3) is 0 Å². The van der Waals surface area contributed by atoms with Gasteiger partial charge in [-0.3, -0.25) is 13.8 Å². The molecule has 41 heavy (non-hydrogen) atoms. The number of carbonyl (C=O) groups excluding carboxylic acids is 2. The molecule has 220 valence electrons. The summed E-state index contributed by atoms with van der Waals surface area (Å²) in [5.41, 5.74) is 2.50. The molecule has 0 aliphatic rings. The Hall–Kier alpha value is -3.18. The first-order chi connectivity index (χ1) is 19.6. The van der Waals surface area contributed by atoms with Crippen LogP contribution in [0.15, 0.2) is 82.6 Å². The van der Waals surface area contributed by atoms with E-state index in [4.69, 9.17) is 9.47 Å². The summed E-state index contributed by atoms with van der Waals surface area (Å²) < 4.78 is 50.3. The van der Waals surface area contributed by atoms with E-state index in [2.05, 4.69) is 5.32 Å². The van der Waals surface area contributed by atoms with Gasteiger partial charge in [-0.05, 0) is 57.2 Å². The quantitative estimate of drug-likeness (QED) is 0.194. The highest BCUT2D eigenvalue weighted by Crippen LogP contribution is 2.22. The SMILES string of the molecule is CCOCCOCCNC(=O)c1ccc(C(=O)C(CS(=O)c2ccc(C)cc2)CS(=O)(=O)c2ccc(C)cc2)cc1. The maximum absolute atomic E-state index is 13.6. The van der Waals surface area contributed by atoms with E-state index in [1.165, 1.54) is 36.4 Å². The van der Waals surface area contributed by atoms with Crippen molar-refractivity contribution >= 4 is 32.3 Å². The number of amides is 1. The molecule has 1 N–H and O–H groups in total. The van der Waals surface area contributed by atoms with Gasteiger partial charge in [0.1, 0.15) is 0 Å². The van der Waals surface area contributed by atoms with E-state index in [1.807, 2.05) is 32.9 Å². The van der Waals surface area contributed by atoms with Crippen LogP contribution in [-0.4, -0.2) is 68.8 Å². The zero-order chi connectivity index (χ0) is 29.8. The number of rotatable bonds is 16. The lowest BCUT2D eigenvalue weighted by Crippen LogP contribution is -2.30. The van der Waals surface area contributed by atoms with Gasteiger partial charge in [-0.1, -0.05) is 47.5 Å². The Labute approximate surface area is 244 Å². The maximum Gasteiger partial charge on any atom is 0.251 e. The van der Waals surface area contributed by atoms with Crippen molar-refractivity contribution in [3.8, 4) is 0 Å². The van der Waals surface area contributed by atoms with Crippen LogP contribution in [0.1, 0.15) is 38.8 Å². The first-order valence-corrected chi connectivity index (χ1v) is 16.4. The first-order valence-electron chi connectivity index (χ1n) is 13.4. The van der Waals surface area contributed by atoms with Gasteiger partial charge in [0.2, 0.25) is 0 Å². The van der Waals surface area contributed by atoms with Crippen LogP contribution < -0.4 is 5.32 Å². The fourth-order valence-electron chi connectivity index (χ4n) is 4.00. The molecular formula is C31H37NO7S2. The summed E-state index contributed by atoms with van der Waals surface area (Å²) in [6, 6.07) is 19.5. The Bertz CT molecular complexity index is 1420. The molecule has 0 radical (unpaired) electrons. The molecule has 2 unspecified atom stereocenters. The predicted octanol–water partition coefficient (Wildman–Crippen LogP) is 4.17. The van der Waals surface area contributed by atoms with Crippen molar-refractivity contribution in [2.75, 3.05) is 44.5 Å². The fraction of sp³-hybridized carbons (Fsp3) is 0.355. The van der Waals surface area contributed by atoms with E-state index in [1.54, 1.807) is 24.3 Å². The third-order valence-electron chi connectivity index (χ3n) is 6.35. The minimum Gasteiger partial charge on any atom is -0.379 e. The molecule has 0 fully saturated rings. The molecule has 0 heterocycles. The minimum atomic E-state index is -3.84. The summed E-state index contributed by atoms with van der Waals surface area (Å²) in [6.07, 6.45) is 0.